The highest BCUT2D eigenvalue weighted by molar-refractivity contribution is 7.86. The van der Waals surface area contributed by atoms with Gasteiger partial charge in [-0.25, -0.2) is 0 Å². The van der Waals surface area contributed by atoms with Crippen molar-refractivity contribution in [1.82, 2.24) is 5.06 Å². The standard InChI is InChI=1S/C8H19NO3S/c1-4-5-6-7-8-13(10,11)12-9(2)3/h4-8H2,1-3H3. The molecular weight excluding hydrogens is 190 g/mol. The molecule has 0 aromatic carbocycles. The summed E-state index contributed by atoms with van der Waals surface area (Å²) in [6.45, 7) is 2.09. The molecule has 0 aromatic heterocycles. The zero-order chi connectivity index (χ0) is 10.3. The zero-order valence-electron chi connectivity index (χ0n) is 8.62. The lowest BCUT2D eigenvalue weighted by atomic mass is 10.2. The molecule has 0 aliphatic heterocycles. The van der Waals surface area contributed by atoms with Crippen LogP contribution in [0.3, 0.4) is 0 Å². The van der Waals surface area contributed by atoms with E-state index in [0.717, 1.165) is 19.3 Å². The van der Waals surface area contributed by atoms with E-state index < -0.39 is 10.1 Å². The van der Waals surface area contributed by atoms with Gasteiger partial charge in [-0.1, -0.05) is 26.2 Å². The molecule has 4 nitrogen and oxygen atoms in total. The van der Waals surface area contributed by atoms with Gasteiger partial charge in [0.2, 0.25) is 0 Å². The van der Waals surface area contributed by atoms with E-state index in [9.17, 15) is 8.42 Å². The molecule has 0 fully saturated rings. The van der Waals surface area contributed by atoms with Crippen molar-refractivity contribution in [3.05, 3.63) is 0 Å². The lowest BCUT2D eigenvalue weighted by molar-refractivity contribution is 0.00517. The van der Waals surface area contributed by atoms with Crippen LogP contribution in [0.4, 0.5) is 0 Å². The van der Waals surface area contributed by atoms with Crippen LogP contribution in [-0.4, -0.2) is 33.3 Å². The van der Waals surface area contributed by atoms with Crippen molar-refractivity contribution in [3.63, 3.8) is 0 Å². The Morgan fingerprint density at radius 2 is 1.77 bits per heavy atom. The largest absolute Gasteiger partial charge is 0.283 e. The summed E-state index contributed by atoms with van der Waals surface area (Å²) in [5, 5.41) is 1.20. The molecule has 13 heavy (non-hydrogen) atoms. The smallest absolute Gasteiger partial charge is 0.198 e. The van der Waals surface area contributed by atoms with Crippen molar-refractivity contribution in [2.45, 2.75) is 32.6 Å². The molecule has 0 heterocycles. The topological polar surface area (TPSA) is 46.6 Å². The highest BCUT2D eigenvalue weighted by atomic mass is 32.2. The lowest BCUT2D eigenvalue weighted by Gasteiger charge is -2.09. The van der Waals surface area contributed by atoms with E-state index in [2.05, 4.69) is 11.2 Å². The second kappa shape index (κ2) is 6.34. The van der Waals surface area contributed by atoms with E-state index in [1.165, 1.54) is 5.06 Å². The van der Waals surface area contributed by atoms with Crippen LogP contribution in [-0.2, 0) is 14.4 Å². The summed E-state index contributed by atoms with van der Waals surface area (Å²) in [7, 11) is -0.217. The average molecular weight is 209 g/mol. The Balaban J connectivity index is 3.64. The third kappa shape index (κ3) is 8.21. The fourth-order valence-electron chi connectivity index (χ4n) is 0.970. The van der Waals surface area contributed by atoms with Gasteiger partial charge in [0.05, 0.1) is 5.75 Å². The maximum Gasteiger partial charge on any atom is 0.283 e. The summed E-state index contributed by atoms with van der Waals surface area (Å²) in [6, 6.07) is 0. The molecule has 0 saturated carbocycles. The molecule has 0 aliphatic carbocycles. The summed E-state index contributed by atoms with van der Waals surface area (Å²) in [5.41, 5.74) is 0. The van der Waals surface area contributed by atoms with Crippen molar-refractivity contribution >= 4 is 10.1 Å². The molecule has 0 aromatic rings. The quantitative estimate of drug-likeness (QED) is 0.469. The van der Waals surface area contributed by atoms with Gasteiger partial charge in [-0.15, -0.1) is 0 Å². The van der Waals surface area contributed by atoms with E-state index in [0.29, 0.717) is 6.42 Å². The Kier molecular flexibility index (Phi) is 6.28. The van der Waals surface area contributed by atoms with Gasteiger partial charge in [-0.3, -0.25) is 0 Å². The van der Waals surface area contributed by atoms with Gasteiger partial charge in [0.25, 0.3) is 10.1 Å². The van der Waals surface area contributed by atoms with Gasteiger partial charge in [0, 0.05) is 14.1 Å². The first-order valence-electron chi connectivity index (χ1n) is 4.57. The van der Waals surface area contributed by atoms with E-state index in [1.807, 2.05) is 0 Å². The molecule has 0 unspecified atom stereocenters. The fourth-order valence-corrected chi connectivity index (χ4v) is 2.06. The molecule has 0 amide bonds. The molecule has 0 rings (SSSR count). The van der Waals surface area contributed by atoms with Crippen LogP contribution in [0, 0.1) is 0 Å². The molecule has 5 heteroatoms. The minimum absolute atomic E-state index is 0.116. The van der Waals surface area contributed by atoms with Crippen LogP contribution in [0.2, 0.25) is 0 Å². The van der Waals surface area contributed by atoms with Crippen LogP contribution in [0.5, 0.6) is 0 Å². The number of unbranched alkanes of at least 4 members (excludes halogenated alkanes) is 3. The van der Waals surface area contributed by atoms with Gasteiger partial charge in [0.1, 0.15) is 0 Å². The predicted octanol–water partition coefficient (Wildman–Crippen LogP) is 1.39. The number of hydrogen-bond donors (Lipinski definition) is 0. The fraction of sp³-hybridized carbons (Fsp3) is 1.00. The predicted molar refractivity (Wildman–Crippen MR) is 52.7 cm³/mol. The summed E-state index contributed by atoms with van der Waals surface area (Å²) < 4.78 is 26.9. The van der Waals surface area contributed by atoms with Crippen molar-refractivity contribution < 1.29 is 12.7 Å². The number of hydrogen-bond acceptors (Lipinski definition) is 4. The average Bonchev–Trinajstić information content (AvgIpc) is 1.95. The highest BCUT2D eigenvalue weighted by Gasteiger charge is 2.11. The minimum Gasteiger partial charge on any atom is -0.198 e. The van der Waals surface area contributed by atoms with Crippen molar-refractivity contribution in [2.75, 3.05) is 19.8 Å². The Labute approximate surface area is 81.0 Å². The van der Waals surface area contributed by atoms with E-state index >= 15 is 0 Å². The van der Waals surface area contributed by atoms with Crippen molar-refractivity contribution in [3.8, 4) is 0 Å². The molecule has 0 spiro atoms. The second-order valence-electron chi connectivity index (χ2n) is 3.21. The van der Waals surface area contributed by atoms with E-state index in [4.69, 9.17) is 0 Å². The van der Waals surface area contributed by atoms with Crippen LogP contribution in [0.15, 0.2) is 0 Å². The molecule has 0 saturated heterocycles. The molecule has 0 atom stereocenters. The first-order chi connectivity index (χ1) is 5.98. The monoisotopic (exact) mass is 209 g/mol. The summed E-state index contributed by atoms with van der Waals surface area (Å²) >= 11 is 0. The molecule has 0 radical (unpaired) electrons. The summed E-state index contributed by atoms with van der Waals surface area (Å²) in [4.78, 5) is 0. The Bertz CT molecular complexity index is 211. The maximum atomic E-state index is 11.1. The zero-order valence-corrected chi connectivity index (χ0v) is 9.43. The van der Waals surface area contributed by atoms with Gasteiger partial charge in [0.15, 0.2) is 0 Å². The molecule has 0 aliphatic rings. The molecule has 0 bridgehead atoms. The Morgan fingerprint density at radius 1 is 1.15 bits per heavy atom. The molecule has 80 valence electrons. The first kappa shape index (κ1) is 12.9. The van der Waals surface area contributed by atoms with E-state index in [1.54, 1.807) is 14.1 Å². The first-order valence-corrected chi connectivity index (χ1v) is 6.15. The molecular formula is C8H19NO3S. The number of hydroxylamine groups is 2. The highest BCUT2D eigenvalue weighted by Crippen LogP contribution is 2.04. The van der Waals surface area contributed by atoms with Crippen LogP contribution in [0.1, 0.15) is 32.6 Å². The van der Waals surface area contributed by atoms with Crippen LogP contribution < -0.4 is 0 Å². The lowest BCUT2D eigenvalue weighted by Crippen LogP contribution is -2.21. The minimum atomic E-state index is -3.34. The van der Waals surface area contributed by atoms with Crippen molar-refractivity contribution in [2.24, 2.45) is 0 Å². The third-order valence-electron chi connectivity index (χ3n) is 1.51. The van der Waals surface area contributed by atoms with Gasteiger partial charge in [-0.05, 0) is 6.42 Å². The van der Waals surface area contributed by atoms with Crippen LogP contribution in [0.25, 0.3) is 0 Å². The number of rotatable bonds is 7. The Morgan fingerprint density at radius 3 is 2.23 bits per heavy atom. The van der Waals surface area contributed by atoms with Gasteiger partial charge >= 0.3 is 0 Å². The second-order valence-corrected chi connectivity index (χ2v) is 4.88. The SMILES string of the molecule is CCCCCCS(=O)(=O)ON(C)C. The van der Waals surface area contributed by atoms with E-state index in [-0.39, 0.29) is 5.75 Å². The Hall–Kier alpha value is -0.130. The van der Waals surface area contributed by atoms with Crippen molar-refractivity contribution in [1.29, 1.82) is 0 Å². The van der Waals surface area contributed by atoms with Gasteiger partial charge in [-0.2, -0.15) is 17.8 Å². The number of nitrogens with zero attached hydrogens (tertiary/aromatic N) is 1. The normalized spacial score (nSPS) is 12.3. The van der Waals surface area contributed by atoms with Gasteiger partial charge < -0.3 is 0 Å². The third-order valence-corrected chi connectivity index (χ3v) is 2.82. The van der Waals surface area contributed by atoms with Crippen LogP contribution >= 0.6 is 0 Å². The summed E-state index contributed by atoms with van der Waals surface area (Å²) in [5.74, 6) is 0.116. The molecule has 0 N–H and O–H groups in total. The maximum absolute atomic E-state index is 11.1. The summed E-state index contributed by atoms with van der Waals surface area (Å²) in [6.07, 6.45) is 3.82.